The summed E-state index contributed by atoms with van der Waals surface area (Å²) in [6.45, 7) is 5.07. The fourth-order valence-electron chi connectivity index (χ4n) is 2.10. The Morgan fingerprint density at radius 2 is 1.79 bits per heavy atom. The monoisotopic (exact) mass is 369 g/mol. The Kier molecular flexibility index (Phi) is 6.39. The third-order valence-corrected chi connectivity index (χ3v) is 4.76. The van der Waals surface area contributed by atoms with Gasteiger partial charge in [-0.2, -0.15) is 9.78 Å². The van der Waals surface area contributed by atoms with Gasteiger partial charge in [-0.15, -0.1) is 0 Å². The van der Waals surface area contributed by atoms with Crippen molar-refractivity contribution in [2.24, 2.45) is 0 Å². The summed E-state index contributed by atoms with van der Waals surface area (Å²) in [7, 11) is 3.18. The van der Waals surface area contributed by atoms with E-state index in [9.17, 15) is 4.79 Å². The summed E-state index contributed by atoms with van der Waals surface area (Å²) in [5.74, 6) is 1.35. The summed E-state index contributed by atoms with van der Waals surface area (Å²) in [5, 5.41) is 5.28. The van der Waals surface area contributed by atoms with Gasteiger partial charge >= 0.3 is 6.03 Å². The largest absolute Gasteiger partial charge is 0.497 e. The van der Waals surface area contributed by atoms with Crippen molar-refractivity contribution < 1.29 is 14.3 Å². The van der Waals surface area contributed by atoms with Crippen molar-refractivity contribution in [2.45, 2.75) is 23.8 Å². The Bertz CT molecular complexity index is 694. The molecule has 0 spiro atoms. The van der Waals surface area contributed by atoms with E-state index in [1.165, 1.54) is 22.6 Å². The molecule has 2 aromatic rings. The Hall–Kier alpha value is -1.86. The van der Waals surface area contributed by atoms with Crippen LogP contribution in [0.25, 0.3) is 0 Å². The zero-order valence-corrected chi connectivity index (χ0v) is 15.6. The first-order valence-electron chi connectivity index (χ1n) is 7.47. The van der Waals surface area contributed by atoms with Crippen LogP contribution in [0, 0.1) is 0 Å². The lowest BCUT2D eigenvalue weighted by Crippen LogP contribution is -2.34. The molecule has 0 unspecified atom stereocenters. The first-order valence-corrected chi connectivity index (χ1v) is 8.67. The minimum absolute atomic E-state index is 0.197. The van der Waals surface area contributed by atoms with Crippen molar-refractivity contribution in [3.8, 4) is 11.5 Å². The van der Waals surface area contributed by atoms with Crippen LogP contribution in [0.15, 0.2) is 34.3 Å². The average Bonchev–Trinajstić information content (AvgIpc) is 2.96. The SMILES string of the molecule is CCN(CC)C(=O)n1cc(Cl)c(Sc2cc(OC)cc(OC)c2)n1. The number of hydrogen-bond donors (Lipinski definition) is 0. The van der Waals surface area contributed by atoms with Gasteiger partial charge in [0.2, 0.25) is 0 Å². The van der Waals surface area contributed by atoms with Crippen LogP contribution < -0.4 is 9.47 Å². The number of amides is 1. The molecule has 0 bridgehead atoms. The van der Waals surface area contributed by atoms with E-state index >= 15 is 0 Å². The Labute approximate surface area is 150 Å². The number of hydrogen-bond acceptors (Lipinski definition) is 5. The maximum Gasteiger partial charge on any atom is 0.344 e. The third-order valence-electron chi connectivity index (χ3n) is 3.41. The van der Waals surface area contributed by atoms with Crippen molar-refractivity contribution in [2.75, 3.05) is 27.3 Å². The maximum atomic E-state index is 12.3. The Morgan fingerprint density at radius 1 is 1.21 bits per heavy atom. The number of carbonyl (C=O) groups is 1. The van der Waals surface area contributed by atoms with E-state index in [1.807, 2.05) is 26.0 Å². The number of nitrogens with zero attached hydrogens (tertiary/aromatic N) is 3. The second-order valence-electron chi connectivity index (χ2n) is 4.83. The molecule has 6 nitrogen and oxygen atoms in total. The molecule has 0 saturated heterocycles. The lowest BCUT2D eigenvalue weighted by molar-refractivity contribution is 0.201. The number of carbonyl (C=O) groups excluding carboxylic acids is 1. The first-order chi connectivity index (χ1) is 11.5. The summed E-state index contributed by atoms with van der Waals surface area (Å²) in [4.78, 5) is 14.9. The molecule has 0 aliphatic heterocycles. The first kappa shape index (κ1) is 18.5. The predicted molar refractivity (Wildman–Crippen MR) is 94.6 cm³/mol. The van der Waals surface area contributed by atoms with Gasteiger partial charge < -0.3 is 14.4 Å². The molecule has 0 N–H and O–H groups in total. The van der Waals surface area contributed by atoms with E-state index in [1.54, 1.807) is 25.2 Å². The zero-order chi connectivity index (χ0) is 17.7. The lowest BCUT2D eigenvalue weighted by Gasteiger charge is -2.17. The molecule has 8 heteroatoms. The van der Waals surface area contributed by atoms with Crippen LogP contribution in [0.5, 0.6) is 11.5 Å². The smallest absolute Gasteiger partial charge is 0.344 e. The van der Waals surface area contributed by atoms with Crippen molar-refractivity contribution in [1.82, 2.24) is 14.7 Å². The molecule has 1 aromatic carbocycles. The summed E-state index contributed by atoms with van der Waals surface area (Å²) in [6, 6.07) is 5.30. The highest BCUT2D eigenvalue weighted by atomic mass is 35.5. The van der Waals surface area contributed by atoms with Gasteiger partial charge in [0.05, 0.1) is 25.4 Å². The van der Waals surface area contributed by atoms with Crippen LogP contribution in [0.1, 0.15) is 13.8 Å². The van der Waals surface area contributed by atoms with Crippen LogP contribution in [-0.4, -0.2) is 48.0 Å². The second-order valence-corrected chi connectivity index (χ2v) is 6.30. The zero-order valence-electron chi connectivity index (χ0n) is 14.1. The normalized spacial score (nSPS) is 10.5. The molecule has 24 heavy (non-hydrogen) atoms. The van der Waals surface area contributed by atoms with Gasteiger partial charge in [-0.05, 0) is 26.0 Å². The molecule has 0 aliphatic rings. The van der Waals surface area contributed by atoms with Crippen molar-refractivity contribution in [3.05, 3.63) is 29.4 Å². The van der Waals surface area contributed by atoms with Gasteiger partial charge in [0.15, 0.2) is 0 Å². The molecule has 0 radical (unpaired) electrons. The molecular formula is C16H20ClN3O3S. The van der Waals surface area contributed by atoms with Crippen molar-refractivity contribution in [1.29, 1.82) is 0 Å². The molecule has 0 aliphatic carbocycles. The average molecular weight is 370 g/mol. The topological polar surface area (TPSA) is 56.6 Å². The molecular weight excluding hydrogens is 350 g/mol. The highest BCUT2D eigenvalue weighted by Gasteiger charge is 2.17. The predicted octanol–water partition coefficient (Wildman–Crippen LogP) is 4.01. The summed E-state index contributed by atoms with van der Waals surface area (Å²) >= 11 is 7.58. The molecule has 1 aromatic heterocycles. The van der Waals surface area contributed by atoms with Gasteiger partial charge in [0.1, 0.15) is 16.5 Å². The Balaban J connectivity index is 2.27. The standard InChI is InChI=1S/C16H20ClN3O3S/c1-5-19(6-2)16(21)20-10-14(17)15(18-20)24-13-8-11(22-3)7-12(9-13)23-4/h7-10H,5-6H2,1-4H3. The van der Waals surface area contributed by atoms with Crippen molar-refractivity contribution >= 4 is 29.4 Å². The quantitative estimate of drug-likeness (QED) is 0.769. The number of rotatable bonds is 6. The van der Waals surface area contributed by atoms with Crippen LogP contribution in [0.2, 0.25) is 5.02 Å². The summed E-state index contributed by atoms with van der Waals surface area (Å²) in [6.07, 6.45) is 1.53. The minimum atomic E-state index is -0.197. The van der Waals surface area contributed by atoms with Crippen LogP contribution in [-0.2, 0) is 0 Å². The number of halogens is 1. The lowest BCUT2D eigenvalue weighted by atomic mass is 10.3. The minimum Gasteiger partial charge on any atom is -0.497 e. The fourth-order valence-corrected chi connectivity index (χ4v) is 3.19. The molecule has 1 heterocycles. The van der Waals surface area contributed by atoms with E-state index in [0.717, 1.165) is 4.90 Å². The van der Waals surface area contributed by atoms with Gasteiger partial charge in [0.25, 0.3) is 0 Å². The van der Waals surface area contributed by atoms with E-state index < -0.39 is 0 Å². The summed E-state index contributed by atoms with van der Waals surface area (Å²) < 4.78 is 11.8. The molecule has 0 fully saturated rings. The summed E-state index contributed by atoms with van der Waals surface area (Å²) in [5.41, 5.74) is 0. The number of ether oxygens (including phenoxy) is 2. The molecule has 1 amide bonds. The fraction of sp³-hybridized carbons (Fsp3) is 0.375. The van der Waals surface area contributed by atoms with E-state index in [4.69, 9.17) is 21.1 Å². The van der Waals surface area contributed by atoms with E-state index in [0.29, 0.717) is 34.6 Å². The van der Waals surface area contributed by atoms with Crippen LogP contribution in [0.3, 0.4) is 0 Å². The van der Waals surface area contributed by atoms with Gasteiger partial charge in [-0.3, -0.25) is 0 Å². The van der Waals surface area contributed by atoms with Crippen LogP contribution >= 0.6 is 23.4 Å². The molecule has 0 atom stereocenters. The van der Waals surface area contributed by atoms with Gasteiger partial charge in [-0.25, -0.2) is 4.79 Å². The third kappa shape index (κ3) is 4.15. The van der Waals surface area contributed by atoms with Crippen LogP contribution in [0.4, 0.5) is 4.79 Å². The van der Waals surface area contributed by atoms with E-state index in [-0.39, 0.29) is 6.03 Å². The number of methoxy groups -OCH3 is 2. The van der Waals surface area contributed by atoms with Gasteiger partial charge in [-0.1, -0.05) is 23.4 Å². The number of benzene rings is 1. The highest BCUT2D eigenvalue weighted by molar-refractivity contribution is 7.99. The Morgan fingerprint density at radius 3 is 2.29 bits per heavy atom. The molecule has 0 saturated carbocycles. The number of aromatic nitrogens is 2. The molecule has 2 rings (SSSR count). The van der Waals surface area contributed by atoms with Crippen molar-refractivity contribution in [3.63, 3.8) is 0 Å². The second kappa shape index (κ2) is 8.30. The molecule has 130 valence electrons. The van der Waals surface area contributed by atoms with E-state index in [2.05, 4.69) is 5.10 Å². The van der Waals surface area contributed by atoms with Gasteiger partial charge in [0, 0.05) is 24.1 Å². The highest BCUT2D eigenvalue weighted by Crippen LogP contribution is 2.36. The maximum absolute atomic E-state index is 12.3.